The van der Waals surface area contributed by atoms with E-state index in [1.165, 1.54) is 0 Å². The van der Waals surface area contributed by atoms with Crippen LogP contribution in [0.4, 0.5) is 0 Å². The molecule has 2 rings (SSSR count). The van der Waals surface area contributed by atoms with Gasteiger partial charge in [-0.25, -0.2) is 0 Å². The van der Waals surface area contributed by atoms with Crippen molar-refractivity contribution in [3.8, 4) is 0 Å². The summed E-state index contributed by atoms with van der Waals surface area (Å²) in [7, 11) is 0. The number of benzene rings is 1. The van der Waals surface area contributed by atoms with Gasteiger partial charge in [-0.1, -0.05) is 29.4 Å². The molecule has 92 valence electrons. The molecule has 0 radical (unpaired) electrons. The second-order valence-corrected chi connectivity index (χ2v) is 4.34. The molecule has 0 amide bonds. The SMILES string of the molecule is [N-]=[N+]=NCCC=Cc1ccc2c(c1)C(=O)CCC2. The largest absolute Gasteiger partial charge is 0.294 e. The molecule has 0 bridgehead atoms. The molecule has 0 N–H and O–H groups in total. The predicted octanol–water partition coefficient (Wildman–Crippen LogP) is 3.92. The quantitative estimate of drug-likeness (QED) is 0.341. The summed E-state index contributed by atoms with van der Waals surface area (Å²) in [6.07, 6.45) is 7.28. The van der Waals surface area contributed by atoms with Crippen LogP contribution in [-0.4, -0.2) is 12.3 Å². The third-order valence-electron chi connectivity index (χ3n) is 3.05. The lowest BCUT2D eigenvalue weighted by molar-refractivity contribution is 0.0972. The van der Waals surface area contributed by atoms with Crippen LogP contribution >= 0.6 is 0 Å². The summed E-state index contributed by atoms with van der Waals surface area (Å²) in [5.74, 6) is 0.251. The number of hydrogen-bond donors (Lipinski definition) is 0. The summed E-state index contributed by atoms with van der Waals surface area (Å²) in [6, 6.07) is 6.03. The molecular weight excluding hydrogens is 226 g/mol. The van der Waals surface area contributed by atoms with Crippen molar-refractivity contribution in [2.75, 3.05) is 6.54 Å². The van der Waals surface area contributed by atoms with E-state index in [0.29, 0.717) is 13.0 Å². The molecule has 1 aliphatic rings. The number of carbonyl (C=O) groups is 1. The fourth-order valence-electron chi connectivity index (χ4n) is 2.15. The predicted molar refractivity (Wildman–Crippen MR) is 71.4 cm³/mol. The van der Waals surface area contributed by atoms with Crippen LogP contribution in [0.5, 0.6) is 0 Å². The van der Waals surface area contributed by atoms with Crippen LogP contribution in [0.3, 0.4) is 0 Å². The van der Waals surface area contributed by atoms with Gasteiger partial charge in [0, 0.05) is 23.4 Å². The van der Waals surface area contributed by atoms with Crippen LogP contribution in [0.2, 0.25) is 0 Å². The van der Waals surface area contributed by atoms with Crippen LogP contribution in [0, 0.1) is 0 Å². The molecule has 0 heterocycles. The Balaban J connectivity index is 2.08. The smallest absolute Gasteiger partial charge is 0.163 e. The highest BCUT2D eigenvalue weighted by Crippen LogP contribution is 2.22. The first-order valence-corrected chi connectivity index (χ1v) is 6.15. The standard InChI is InChI=1S/C14H15N3O/c15-17-16-9-2-1-4-11-7-8-12-5-3-6-14(18)13(12)10-11/h1,4,7-8,10H,2-3,5-6,9H2. The molecule has 1 aromatic carbocycles. The number of nitrogens with zero attached hydrogens (tertiary/aromatic N) is 3. The average molecular weight is 241 g/mol. The van der Waals surface area contributed by atoms with E-state index in [9.17, 15) is 4.79 Å². The maximum absolute atomic E-state index is 11.8. The highest BCUT2D eigenvalue weighted by molar-refractivity contribution is 5.98. The van der Waals surface area contributed by atoms with Gasteiger partial charge in [-0.05, 0) is 42.0 Å². The number of carbonyl (C=O) groups excluding carboxylic acids is 1. The molecule has 1 aliphatic carbocycles. The van der Waals surface area contributed by atoms with E-state index in [0.717, 1.165) is 36.0 Å². The Morgan fingerprint density at radius 1 is 1.39 bits per heavy atom. The van der Waals surface area contributed by atoms with Crippen LogP contribution in [0.1, 0.15) is 40.7 Å². The van der Waals surface area contributed by atoms with Gasteiger partial charge in [-0.3, -0.25) is 4.79 Å². The molecule has 0 unspecified atom stereocenters. The monoisotopic (exact) mass is 241 g/mol. The Morgan fingerprint density at radius 2 is 2.28 bits per heavy atom. The van der Waals surface area contributed by atoms with Crippen molar-refractivity contribution in [3.05, 3.63) is 51.4 Å². The first-order valence-electron chi connectivity index (χ1n) is 6.15. The first-order chi connectivity index (χ1) is 8.81. The Morgan fingerprint density at radius 3 is 3.11 bits per heavy atom. The highest BCUT2D eigenvalue weighted by Gasteiger charge is 2.16. The van der Waals surface area contributed by atoms with Gasteiger partial charge in [-0.15, -0.1) is 0 Å². The summed E-state index contributed by atoms with van der Waals surface area (Å²) < 4.78 is 0. The van der Waals surface area contributed by atoms with E-state index in [4.69, 9.17) is 5.53 Å². The van der Waals surface area contributed by atoms with Gasteiger partial charge in [0.15, 0.2) is 5.78 Å². The minimum absolute atomic E-state index is 0.251. The van der Waals surface area contributed by atoms with Crippen molar-refractivity contribution in [1.82, 2.24) is 0 Å². The third kappa shape index (κ3) is 2.99. The summed E-state index contributed by atoms with van der Waals surface area (Å²) in [5.41, 5.74) is 11.2. The van der Waals surface area contributed by atoms with Gasteiger partial charge in [-0.2, -0.15) is 0 Å². The van der Waals surface area contributed by atoms with E-state index in [1.54, 1.807) is 0 Å². The van der Waals surface area contributed by atoms with Crippen molar-refractivity contribution < 1.29 is 4.79 Å². The van der Waals surface area contributed by atoms with Crippen LogP contribution in [0.25, 0.3) is 16.5 Å². The van der Waals surface area contributed by atoms with Crippen molar-refractivity contribution in [2.24, 2.45) is 5.11 Å². The Labute approximate surface area is 106 Å². The molecule has 0 aromatic heterocycles. The molecule has 0 fully saturated rings. The molecule has 18 heavy (non-hydrogen) atoms. The summed E-state index contributed by atoms with van der Waals surface area (Å²) in [6.45, 7) is 0.469. The second-order valence-electron chi connectivity index (χ2n) is 4.34. The summed E-state index contributed by atoms with van der Waals surface area (Å²) in [4.78, 5) is 14.5. The molecule has 0 atom stereocenters. The van der Waals surface area contributed by atoms with E-state index >= 15 is 0 Å². The van der Waals surface area contributed by atoms with Crippen LogP contribution in [0.15, 0.2) is 29.4 Å². The van der Waals surface area contributed by atoms with Gasteiger partial charge in [0.1, 0.15) is 0 Å². The molecule has 1 aromatic rings. The van der Waals surface area contributed by atoms with Gasteiger partial charge in [0.2, 0.25) is 0 Å². The van der Waals surface area contributed by atoms with E-state index < -0.39 is 0 Å². The van der Waals surface area contributed by atoms with Crippen molar-refractivity contribution in [2.45, 2.75) is 25.7 Å². The highest BCUT2D eigenvalue weighted by atomic mass is 16.1. The maximum atomic E-state index is 11.8. The lowest BCUT2D eigenvalue weighted by atomic mass is 9.89. The molecule has 0 saturated carbocycles. The van der Waals surface area contributed by atoms with Gasteiger partial charge < -0.3 is 0 Å². The lowest BCUT2D eigenvalue weighted by Gasteiger charge is -2.14. The Bertz CT molecular complexity index is 528. The van der Waals surface area contributed by atoms with E-state index in [2.05, 4.69) is 10.0 Å². The maximum Gasteiger partial charge on any atom is 0.163 e. The van der Waals surface area contributed by atoms with Crippen LogP contribution in [-0.2, 0) is 6.42 Å². The van der Waals surface area contributed by atoms with Crippen molar-refractivity contribution in [1.29, 1.82) is 0 Å². The third-order valence-corrected chi connectivity index (χ3v) is 3.05. The number of azide groups is 1. The van der Waals surface area contributed by atoms with E-state index in [-0.39, 0.29) is 5.78 Å². The normalized spacial score (nSPS) is 14.3. The molecule has 4 nitrogen and oxygen atoms in total. The van der Waals surface area contributed by atoms with Gasteiger partial charge in [0.05, 0.1) is 0 Å². The topological polar surface area (TPSA) is 65.8 Å². The lowest BCUT2D eigenvalue weighted by Crippen LogP contribution is -2.10. The zero-order valence-corrected chi connectivity index (χ0v) is 10.2. The van der Waals surface area contributed by atoms with Crippen molar-refractivity contribution in [3.63, 3.8) is 0 Å². The van der Waals surface area contributed by atoms with Gasteiger partial charge in [0.25, 0.3) is 0 Å². The summed E-state index contributed by atoms with van der Waals surface area (Å²) in [5, 5.41) is 3.46. The Kier molecular flexibility index (Phi) is 4.15. The van der Waals surface area contributed by atoms with Gasteiger partial charge >= 0.3 is 0 Å². The molecule has 4 heteroatoms. The first kappa shape index (κ1) is 12.4. The molecule has 0 spiro atoms. The average Bonchev–Trinajstić information content (AvgIpc) is 2.39. The molecular formula is C14H15N3O. The zero-order valence-electron chi connectivity index (χ0n) is 10.2. The Hall–Kier alpha value is -2.06. The minimum atomic E-state index is 0.251. The fourth-order valence-corrected chi connectivity index (χ4v) is 2.15. The number of rotatable bonds is 4. The number of hydrogen-bond acceptors (Lipinski definition) is 2. The number of aryl methyl sites for hydroxylation is 1. The second kappa shape index (κ2) is 6.03. The summed E-state index contributed by atoms with van der Waals surface area (Å²) >= 11 is 0. The van der Waals surface area contributed by atoms with Crippen molar-refractivity contribution >= 4 is 11.9 Å². The molecule has 0 saturated heterocycles. The number of fused-ring (bicyclic) bond motifs is 1. The van der Waals surface area contributed by atoms with Crippen LogP contribution < -0.4 is 0 Å². The number of Topliss-reactive ketones (excluding diaryl/α,β-unsaturated/α-hetero) is 1. The molecule has 0 aliphatic heterocycles. The van der Waals surface area contributed by atoms with E-state index in [1.807, 2.05) is 30.4 Å². The minimum Gasteiger partial charge on any atom is -0.294 e. The fraction of sp³-hybridized carbons (Fsp3) is 0.357. The zero-order chi connectivity index (χ0) is 12.8. The number of ketones is 1.